The van der Waals surface area contributed by atoms with Crippen molar-refractivity contribution in [2.75, 3.05) is 11.6 Å². The monoisotopic (exact) mass is 324 g/mol. The molecule has 4 heteroatoms. The lowest BCUT2D eigenvalue weighted by Gasteiger charge is -2.18. The molecule has 1 aromatic heterocycles. The highest BCUT2D eigenvalue weighted by Gasteiger charge is 2.10. The first-order chi connectivity index (χ1) is 11.0. The van der Waals surface area contributed by atoms with Gasteiger partial charge in [-0.1, -0.05) is 18.2 Å². The number of pyridine rings is 1. The number of aryl methyl sites for hydroxylation is 1. The number of nitrogens with one attached hydrogen (secondary N) is 1. The minimum atomic E-state index is -0.940. The van der Waals surface area contributed by atoms with Crippen molar-refractivity contribution in [2.45, 2.75) is 24.8 Å². The van der Waals surface area contributed by atoms with Crippen molar-refractivity contribution in [3.8, 4) is 0 Å². The Hall–Kier alpha value is -2.20. The summed E-state index contributed by atoms with van der Waals surface area (Å²) in [5.41, 5.74) is 4.38. The maximum absolute atomic E-state index is 11.5. The molecule has 0 fully saturated rings. The van der Waals surface area contributed by atoms with Crippen molar-refractivity contribution in [1.82, 2.24) is 4.98 Å². The number of anilines is 1. The van der Waals surface area contributed by atoms with E-state index in [-0.39, 0.29) is 6.04 Å². The first kappa shape index (κ1) is 15.7. The van der Waals surface area contributed by atoms with E-state index in [1.165, 1.54) is 5.56 Å². The molecule has 0 aliphatic heterocycles. The summed E-state index contributed by atoms with van der Waals surface area (Å²) in [5, 5.41) is 4.69. The topological polar surface area (TPSA) is 42.0 Å². The molecule has 0 unspecified atom stereocenters. The Morgan fingerprint density at radius 2 is 1.87 bits per heavy atom. The van der Waals surface area contributed by atoms with Gasteiger partial charge in [0.1, 0.15) is 0 Å². The van der Waals surface area contributed by atoms with Crippen molar-refractivity contribution >= 4 is 27.4 Å². The van der Waals surface area contributed by atoms with Crippen molar-refractivity contribution in [3.05, 3.63) is 65.9 Å². The number of aromatic nitrogens is 1. The van der Waals surface area contributed by atoms with Crippen LogP contribution >= 0.6 is 0 Å². The highest BCUT2D eigenvalue weighted by molar-refractivity contribution is 7.84. The van der Waals surface area contributed by atoms with Crippen LogP contribution in [0.3, 0.4) is 0 Å². The van der Waals surface area contributed by atoms with Crippen LogP contribution in [0.2, 0.25) is 0 Å². The minimum absolute atomic E-state index is 0.140. The average Bonchev–Trinajstić information content (AvgIpc) is 2.54. The minimum Gasteiger partial charge on any atom is -0.377 e. The van der Waals surface area contributed by atoms with E-state index in [1.54, 1.807) is 6.26 Å². The molecule has 3 aromatic rings. The normalized spacial score (nSPS) is 13.7. The number of hydrogen-bond donors (Lipinski definition) is 1. The molecule has 0 bridgehead atoms. The summed E-state index contributed by atoms with van der Waals surface area (Å²) in [7, 11) is -0.940. The lowest BCUT2D eigenvalue weighted by Crippen LogP contribution is -2.07. The first-order valence-corrected chi connectivity index (χ1v) is 9.16. The van der Waals surface area contributed by atoms with Crippen LogP contribution in [-0.4, -0.2) is 15.4 Å². The van der Waals surface area contributed by atoms with Gasteiger partial charge in [0.25, 0.3) is 0 Å². The molecule has 0 saturated carbocycles. The second-order valence-electron chi connectivity index (χ2n) is 5.78. The highest BCUT2D eigenvalue weighted by Crippen LogP contribution is 2.27. The molecular weight excluding hydrogens is 304 g/mol. The Balaban J connectivity index is 1.90. The Bertz CT molecular complexity index is 859. The molecule has 0 aliphatic rings. The average molecular weight is 324 g/mol. The van der Waals surface area contributed by atoms with E-state index in [0.717, 1.165) is 27.0 Å². The van der Waals surface area contributed by atoms with E-state index in [0.29, 0.717) is 0 Å². The third kappa shape index (κ3) is 3.42. The smallest absolute Gasteiger partial charge is 0.0933 e. The molecule has 0 radical (unpaired) electrons. The fraction of sp³-hybridized carbons (Fsp3) is 0.211. The molecule has 0 aliphatic carbocycles. The standard InChI is InChI=1S/C19H20N2OS/c1-13-11-16-5-4-10-20-19(16)18(12-13)21-14(2)15-6-8-17(9-7-15)23(3)22/h4-12,14,21H,1-3H3/t14-,23+/m1/s1. The first-order valence-electron chi connectivity index (χ1n) is 7.60. The van der Waals surface area contributed by atoms with Gasteiger partial charge in [0.05, 0.1) is 11.2 Å². The van der Waals surface area contributed by atoms with E-state index in [9.17, 15) is 4.21 Å². The van der Waals surface area contributed by atoms with Crippen molar-refractivity contribution in [3.63, 3.8) is 0 Å². The van der Waals surface area contributed by atoms with E-state index in [4.69, 9.17) is 0 Å². The van der Waals surface area contributed by atoms with Gasteiger partial charge in [0.15, 0.2) is 0 Å². The zero-order chi connectivity index (χ0) is 16.4. The third-order valence-corrected chi connectivity index (χ3v) is 4.87. The van der Waals surface area contributed by atoms with Crippen LogP contribution in [0.15, 0.2) is 59.6 Å². The number of nitrogens with zero attached hydrogens (tertiary/aromatic N) is 1. The van der Waals surface area contributed by atoms with Crippen molar-refractivity contribution < 1.29 is 4.21 Å². The lowest BCUT2D eigenvalue weighted by molar-refractivity contribution is 0.686. The van der Waals surface area contributed by atoms with Gasteiger partial charge >= 0.3 is 0 Å². The van der Waals surface area contributed by atoms with Gasteiger partial charge in [-0.05, 0) is 55.3 Å². The zero-order valence-electron chi connectivity index (χ0n) is 13.5. The molecule has 2 atom stereocenters. The second kappa shape index (κ2) is 6.50. The van der Waals surface area contributed by atoms with Crippen LogP contribution in [0.4, 0.5) is 5.69 Å². The van der Waals surface area contributed by atoms with Crippen molar-refractivity contribution in [2.24, 2.45) is 0 Å². The Morgan fingerprint density at radius 1 is 1.13 bits per heavy atom. The second-order valence-corrected chi connectivity index (χ2v) is 7.16. The van der Waals surface area contributed by atoms with Crippen LogP contribution in [-0.2, 0) is 10.8 Å². The van der Waals surface area contributed by atoms with E-state index in [2.05, 4.69) is 42.3 Å². The zero-order valence-corrected chi connectivity index (χ0v) is 14.4. The molecule has 118 valence electrons. The molecule has 3 nitrogen and oxygen atoms in total. The third-order valence-electron chi connectivity index (χ3n) is 3.93. The fourth-order valence-electron chi connectivity index (χ4n) is 2.72. The Kier molecular flexibility index (Phi) is 4.44. The van der Waals surface area contributed by atoms with E-state index >= 15 is 0 Å². The predicted molar refractivity (Wildman–Crippen MR) is 97.3 cm³/mol. The summed E-state index contributed by atoms with van der Waals surface area (Å²) >= 11 is 0. The van der Waals surface area contributed by atoms with Crippen LogP contribution in [0.5, 0.6) is 0 Å². The van der Waals surface area contributed by atoms with Gasteiger partial charge in [-0.15, -0.1) is 0 Å². The number of hydrogen-bond acceptors (Lipinski definition) is 3. The van der Waals surface area contributed by atoms with E-state index in [1.807, 2.05) is 36.5 Å². The number of benzene rings is 2. The van der Waals surface area contributed by atoms with Gasteiger partial charge in [-0.2, -0.15) is 0 Å². The summed E-state index contributed by atoms with van der Waals surface area (Å²) in [6.45, 7) is 4.21. The predicted octanol–water partition coefficient (Wildman–Crippen LogP) is 4.45. The number of rotatable bonds is 4. The SMILES string of the molecule is Cc1cc(N[C@H](C)c2ccc([S@](C)=O)cc2)c2ncccc2c1. The molecular formula is C19H20N2OS. The molecule has 23 heavy (non-hydrogen) atoms. The summed E-state index contributed by atoms with van der Waals surface area (Å²) in [4.78, 5) is 5.35. The summed E-state index contributed by atoms with van der Waals surface area (Å²) in [6, 6.07) is 16.4. The van der Waals surface area contributed by atoms with E-state index < -0.39 is 10.8 Å². The van der Waals surface area contributed by atoms with Gasteiger partial charge in [0.2, 0.25) is 0 Å². The molecule has 0 saturated heterocycles. The molecule has 2 aromatic carbocycles. The van der Waals surface area contributed by atoms with Crippen LogP contribution in [0, 0.1) is 6.92 Å². The largest absolute Gasteiger partial charge is 0.377 e. The van der Waals surface area contributed by atoms with Crippen LogP contribution < -0.4 is 5.32 Å². The van der Waals surface area contributed by atoms with Crippen LogP contribution in [0.1, 0.15) is 24.1 Å². The van der Waals surface area contributed by atoms with Gasteiger partial charge < -0.3 is 5.32 Å². The van der Waals surface area contributed by atoms with Gasteiger partial charge in [-0.3, -0.25) is 9.19 Å². The molecule has 3 rings (SSSR count). The maximum Gasteiger partial charge on any atom is 0.0933 e. The molecule has 1 N–H and O–H groups in total. The molecule has 0 amide bonds. The van der Waals surface area contributed by atoms with Gasteiger partial charge in [0, 0.05) is 39.6 Å². The molecule has 0 spiro atoms. The Labute approximate surface area is 139 Å². The van der Waals surface area contributed by atoms with Gasteiger partial charge in [-0.25, -0.2) is 0 Å². The highest BCUT2D eigenvalue weighted by atomic mass is 32.2. The Morgan fingerprint density at radius 3 is 2.57 bits per heavy atom. The van der Waals surface area contributed by atoms with Crippen LogP contribution in [0.25, 0.3) is 10.9 Å². The number of fused-ring (bicyclic) bond motifs is 1. The maximum atomic E-state index is 11.5. The summed E-state index contributed by atoms with van der Waals surface area (Å²) in [6.07, 6.45) is 3.51. The lowest BCUT2D eigenvalue weighted by atomic mass is 10.1. The molecule has 1 heterocycles. The summed E-state index contributed by atoms with van der Waals surface area (Å²) < 4.78 is 11.5. The van der Waals surface area contributed by atoms with Crippen molar-refractivity contribution in [1.29, 1.82) is 0 Å². The fourth-order valence-corrected chi connectivity index (χ4v) is 3.24. The quantitative estimate of drug-likeness (QED) is 0.771. The summed E-state index contributed by atoms with van der Waals surface area (Å²) in [5.74, 6) is 0.